The van der Waals surface area contributed by atoms with E-state index in [1.165, 1.54) is 24.8 Å². The normalized spacial score (nSPS) is 21.1. The molecule has 0 spiro atoms. The molecule has 0 bridgehead atoms. The van der Waals surface area contributed by atoms with Crippen LogP contribution in [-0.4, -0.2) is 29.8 Å². The fraction of sp³-hybridized carbons (Fsp3) is 0.786. The molecule has 2 amide bonds. The predicted octanol–water partition coefficient (Wildman–Crippen LogP) is 2.09. The van der Waals surface area contributed by atoms with Gasteiger partial charge < -0.3 is 15.7 Å². The Morgan fingerprint density at radius 1 is 1.39 bits per heavy atom. The van der Waals surface area contributed by atoms with Gasteiger partial charge in [-0.05, 0) is 51.4 Å². The van der Waals surface area contributed by atoms with E-state index in [0.29, 0.717) is 13.0 Å². The molecule has 1 fully saturated rings. The largest absolute Gasteiger partial charge is 0.396 e. The fourth-order valence-electron chi connectivity index (χ4n) is 2.84. The molecule has 0 unspecified atom stereocenters. The van der Waals surface area contributed by atoms with Crippen molar-refractivity contribution in [3.05, 3.63) is 11.6 Å². The van der Waals surface area contributed by atoms with Crippen LogP contribution >= 0.6 is 0 Å². The van der Waals surface area contributed by atoms with Gasteiger partial charge in [-0.15, -0.1) is 0 Å². The van der Waals surface area contributed by atoms with Crippen molar-refractivity contribution < 1.29 is 9.90 Å². The minimum Gasteiger partial charge on any atom is -0.396 e. The topological polar surface area (TPSA) is 61.4 Å². The van der Waals surface area contributed by atoms with E-state index in [-0.39, 0.29) is 18.2 Å². The minimum atomic E-state index is -0.133. The third kappa shape index (κ3) is 3.48. The molecular weight excluding hydrogens is 228 g/mol. The van der Waals surface area contributed by atoms with Crippen molar-refractivity contribution >= 4 is 6.03 Å². The molecule has 0 radical (unpaired) electrons. The third-order valence-corrected chi connectivity index (χ3v) is 4.15. The van der Waals surface area contributed by atoms with Gasteiger partial charge in [-0.3, -0.25) is 0 Å². The zero-order valence-electron chi connectivity index (χ0n) is 11.0. The van der Waals surface area contributed by atoms with Gasteiger partial charge in [0.05, 0.1) is 0 Å². The van der Waals surface area contributed by atoms with E-state index in [2.05, 4.69) is 16.7 Å². The van der Waals surface area contributed by atoms with Gasteiger partial charge in [0.25, 0.3) is 0 Å². The van der Waals surface area contributed by atoms with Crippen LogP contribution in [0.3, 0.4) is 0 Å². The number of aliphatic hydroxyl groups is 1. The van der Waals surface area contributed by atoms with Crippen molar-refractivity contribution in [3.63, 3.8) is 0 Å². The lowest BCUT2D eigenvalue weighted by atomic mass is 9.74. The standard InChI is InChI=1S/C14H24N2O2/c17-11-9-14(7-3-8-14)16-13(18)15-10-6-12-4-1-2-5-12/h4,17H,1-3,5-11H2,(H2,15,16,18). The molecule has 0 saturated heterocycles. The highest BCUT2D eigenvalue weighted by atomic mass is 16.3. The van der Waals surface area contributed by atoms with Gasteiger partial charge >= 0.3 is 6.03 Å². The Bertz CT molecular complexity index is 322. The summed E-state index contributed by atoms with van der Waals surface area (Å²) in [5.74, 6) is 0. The van der Waals surface area contributed by atoms with Crippen molar-refractivity contribution in [3.8, 4) is 0 Å². The number of carbonyl (C=O) groups excluding carboxylic acids is 1. The first-order chi connectivity index (χ1) is 8.74. The van der Waals surface area contributed by atoms with Crippen LogP contribution in [0.5, 0.6) is 0 Å². The second-order valence-electron chi connectivity index (χ2n) is 5.49. The van der Waals surface area contributed by atoms with Crippen LogP contribution in [0.2, 0.25) is 0 Å². The number of urea groups is 1. The summed E-state index contributed by atoms with van der Waals surface area (Å²) in [6.45, 7) is 0.861. The number of carbonyl (C=O) groups is 1. The Morgan fingerprint density at radius 3 is 2.78 bits per heavy atom. The number of aliphatic hydroxyl groups excluding tert-OH is 1. The van der Waals surface area contributed by atoms with Crippen LogP contribution in [0.1, 0.15) is 51.4 Å². The van der Waals surface area contributed by atoms with Crippen LogP contribution in [0.4, 0.5) is 4.79 Å². The summed E-state index contributed by atoms with van der Waals surface area (Å²) in [5, 5.41) is 15.0. The molecule has 2 aliphatic rings. The Balaban J connectivity index is 1.65. The SMILES string of the molecule is O=C(NCCC1=CCCC1)NC1(CCO)CCC1. The number of hydrogen-bond donors (Lipinski definition) is 3. The molecule has 4 nitrogen and oxygen atoms in total. The van der Waals surface area contributed by atoms with Crippen molar-refractivity contribution in [2.75, 3.05) is 13.2 Å². The Labute approximate surface area is 109 Å². The Hall–Kier alpha value is -1.03. The summed E-state index contributed by atoms with van der Waals surface area (Å²) in [4.78, 5) is 11.8. The molecular formula is C14H24N2O2. The molecule has 1 saturated carbocycles. The number of allylic oxidation sites excluding steroid dienone is 1. The van der Waals surface area contributed by atoms with Crippen LogP contribution in [0, 0.1) is 0 Å². The first-order valence-electron chi connectivity index (χ1n) is 7.09. The maximum absolute atomic E-state index is 11.8. The number of nitrogens with one attached hydrogen (secondary N) is 2. The fourth-order valence-corrected chi connectivity index (χ4v) is 2.84. The lowest BCUT2D eigenvalue weighted by Crippen LogP contribution is -2.56. The summed E-state index contributed by atoms with van der Waals surface area (Å²) in [6, 6.07) is -0.0817. The van der Waals surface area contributed by atoms with E-state index >= 15 is 0 Å². The van der Waals surface area contributed by atoms with Crippen molar-refractivity contribution in [2.45, 2.75) is 56.9 Å². The average Bonchev–Trinajstić information content (AvgIpc) is 2.79. The monoisotopic (exact) mass is 252 g/mol. The second kappa shape index (κ2) is 6.23. The maximum atomic E-state index is 11.8. The molecule has 0 heterocycles. The van der Waals surface area contributed by atoms with Gasteiger partial charge in [-0.1, -0.05) is 11.6 Å². The molecule has 2 aliphatic carbocycles. The van der Waals surface area contributed by atoms with Crippen LogP contribution < -0.4 is 10.6 Å². The third-order valence-electron chi connectivity index (χ3n) is 4.15. The van der Waals surface area contributed by atoms with Crippen LogP contribution in [0.25, 0.3) is 0 Å². The van der Waals surface area contributed by atoms with E-state index in [9.17, 15) is 4.79 Å². The van der Waals surface area contributed by atoms with Gasteiger partial charge in [0.1, 0.15) is 0 Å². The highest BCUT2D eigenvalue weighted by molar-refractivity contribution is 5.74. The van der Waals surface area contributed by atoms with Gasteiger partial charge in [0, 0.05) is 18.7 Å². The van der Waals surface area contributed by atoms with Gasteiger partial charge in [-0.25, -0.2) is 4.79 Å². The Kier molecular flexibility index (Phi) is 4.64. The molecule has 0 aromatic rings. The Morgan fingerprint density at radius 2 is 2.22 bits per heavy atom. The van der Waals surface area contributed by atoms with Crippen molar-refractivity contribution in [2.24, 2.45) is 0 Å². The van der Waals surface area contributed by atoms with Gasteiger partial charge in [0.15, 0.2) is 0 Å². The first kappa shape index (κ1) is 13.4. The molecule has 0 aromatic carbocycles. The maximum Gasteiger partial charge on any atom is 0.315 e. The molecule has 18 heavy (non-hydrogen) atoms. The first-order valence-corrected chi connectivity index (χ1v) is 7.09. The molecule has 0 aliphatic heterocycles. The lowest BCUT2D eigenvalue weighted by molar-refractivity contribution is 0.136. The molecule has 102 valence electrons. The highest BCUT2D eigenvalue weighted by Crippen LogP contribution is 2.34. The predicted molar refractivity (Wildman–Crippen MR) is 71.4 cm³/mol. The van der Waals surface area contributed by atoms with Crippen LogP contribution in [-0.2, 0) is 0 Å². The molecule has 0 aromatic heterocycles. The molecule has 4 heteroatoms. The molecule has 2 rings (SSSR count). The quantitative estimate of drug-likeness (QED) is 0.634. The zero-order chi connectivity index (χ0) is 12.8. The molecule has 0 atom stereocenters. The van der Waals surface area contributed by atoms with Gasteiger partial charge in [-0.2, -0.15) is 0 Å². The van der Waals surface area contributed by atoms with Crippen LogP contribution in [0.15, 0.2) is 11.6 Å². The van der Waals surface area contributed by atoms with E-state index in [0.717, 1.165) is 25.7 Å². The summed E-state index contributed by atoms with van der Waals surface area (Å²) in [6.07, 6.45) is 10.7. The molecule has 3 N–H and O–H groups in total. The highest BCUT2D eigenvalue weighted by Gasteiger charge is 2.37. The minimum absolute atomic E-state index is 0.0817. The van der Waals surface area contributed by atoms with Crippen molar-refractivity contribution in [1.29, 1.82) is 0 Å². The van der Waals surface area contributed by atoms with Crippen molar-refractivity contribution in [1.82, 2.24) is 10.6 Å². The lowest BCUT2D eigenvalue weighted by Gasteiger charge is -2.42. The summed E-state index contributed by atoms with van der Waals surface area (Å²) < 4.78 is 0. The van der Waals surface area contributed by atoms with E-state index in [4.69, 9.17) is 5.11 Å². The summed E-state index contributed by atoms with van der Waals surface area (Å²) >= 11 is 0. The summed E-state index contributed by atoms with van der Waals surface area (Å²) in [7, 11) is 0. The number of amides is 2. The van der Waals surface area contributed by atoms with E-state index in [1.54, 1.807) is 0 Å². The average molecular weight is 252 g/mol. The second-order valence-corrected chi connectivity index (χ2v) is 5.49. The number of hydrogen-bond acceptors (Lipinski definition) is 2. The van der Waals surface area contributed by atoms with E-state index in [1.807, 2.05) is 0 Å². The van der Waals surface area contributed by atoms with Gasteiger partial charge in [0.2, 0.25) is 0 Å². The summed E-state index contributed by atoms with van der Waals surface area (Å²) in [5.41, 5.74) is 1.34. The number of rotatable bonds is 6. The zero-order valence-corrected chi connectivity index (χ0v) is 11.0. The smallest absolute Gasteiger partial charge is 0.315 e. The van der Waals surface area contributed by atoms with E-state index < -0.39 is 0 Å².